The van der Waals surface area contributed by atoms with Crippen molar-refractivity contribution >= 4 is 0 Å². The molecule has 1 aliphatic carbocycles. The minimum Gasteiger partial charge on any atom is -0.383 e. The molecule has 0 spiro atoms. The fourth-order valence-corrected chi connectivity index (χ4v) is 2.08. The van der Waals surface area contributed by atoms with Crippen molar-refractivity contribution in [3.8, 4) is 0 Å². The molecule has 0 aliphatic heterocycles. The van der Waals surface area contributed by atoms with E-state index in [1.54, 1.807) is 7.11 Å². The van der Waals surface area contributed by atoms with Gasteiger partial charge >= 0.3 is 0 Å². The van der Waals surface area contributed by atoms with E-state index in [2.05, 4.69) is 37.9 Å². The van der Waals surface area contributed by atoms with Crippen molar-refractivity contribution in [3.63, 3.8) is 0 Å². The van der Waals surface area contributed by atoms with Crippen molar-refractivity contribution in [2.75, 3.05) is 33.4 Å². The van der Waals surface area contributed by atoms with Crippen molar-refractivity contribution in [2.24, 2.45) is 5.92 Å². The lowest BCUT2D eigenvalue weighted by atomic mass is 10.1. The van der Waals surface area contributed by atoms with E-state index in [4.69, 9.17) is 4.74 Å². The summed E-state index contributed by atoms with van der Waals surface area (Å²) in [7, 11) is 1.80. The SMILES string of the molecule is CCN(CC1CC1)C(CNC(C)(C)C)COC. The second-order valence-electron chi connectivity index (χ2n) is 6.27. The molecule has 1 fully saturated rings. The molecule has 0 saturated heterocycles. The van der Waals surface area contributed by atoms with Crippen molar-refractivity contribution < 1.29 is 4.74 Å². The molecule has 3 nitrogen and oxygen atoms in total. The molecular weight excluding hydrogens is 212 g/mol. The van der Waals surface area contributed by atoms with E-state index >= 15 is 0 Å². The quantitative estimate of drug-likeness (QED) is 0.705. The zero-order valence-corrected chi connectivity index (χ0v) is 12.3. The van der Waals surface area contributed by atoms with Crippen LogP contribution >= 0.6 is 0 Å². The molecule has 0 radical (unpaired) electrons. The summed E-state index contributed by atoms with van der Waals surface area (Å²) in [5.41, 5.74) is 0.185. The minimum atomic E-state index is 0.185. The summed E-state index contributed by atoms with van der Waals surface area (Å²) in [5, 5.41) is 3.59. The molecule has 1 atom stereocenters. The number of methoxy groups -OCH3 is 1. The summed E-state index contributed by atoms with van der Waals surface area (Å²) in [6.45, 7) is 13.1. The molecule has 0 aromatic heterocycles. The Morgan fingerprint density at radius 1 is 1.35 bits per heavy atom. The third-order valence-corrected chi connectivity index (χ3v) is 3.34. The van der Waals surface area contributed by atoms with E-state index in [0.717, 1.165) is 25.6 Å². The second-order valence-corrected chi connectivity index (χ2v) is 6.27. The van der Waals surface area contributed by atoms with Crippen LogP contribution in [-0.2, 0) is 4.74 Å². The lowest BCUT2D eigenvalue weighted by molar-refractivity contribution is 0.0855. The summed E-state index contributed by atoms with van der Waals surface area (Å²) >= 11 is 0. The summed E-state index contributed by atoms with van der Waals surface area (Å²) in [5.74, 6) is 0.948. The number of nitrogens with zero attached hydrogens (tertiary/aromatic N) is 1. The zero-order chi connectivity index (χ0) is 12.9. The van der Waals surface area contributed by atoms with Gasteiger partial charge in [0.25, 0.3) is 0 Å². The fraction of sp³-hybridized carbons (Fsp3) is 1.00. The predicted octanol–water partition coefficient (Wildman–Crippen LogP) is 2.12. The van der Waals surface area contributed by atoms with E-state index in [9.17, 15) is 0 Å². The van der Waals surface area contributed by atoms with E-state index in [-0.39, 0.29) is 5.54 Å². The molecule has 1 unspecified atom stereocenters. The van der Waals surface area contributed by atoms with Gasteiger partial charge in [-0.25, -0.2) is 0 Å². The number of hydrogen-bond donors (Lipinski definition) is 1. The molecule has 0 bridgehead atoms. The number of nitrogens with one attached hydrogen (secondary N) is 1. The molecule has 3 heteroatoms. The average molecular weight is 242 g/mol. The minimum absolute atomic E-state index is 0.185. The van der Waals surface area contributed by atoms with Crippen molar-refractivity contribution in [1.82, 2.24) is 10.2 Å². The van der Waals surface area contributed by atoms with Crippen molar-refractivity contribution in [3.05, 3.63) is 0 Å². The first-order valence-electron chi connectivity index (χ1n) is 6.94. The molecule has 102 valence electrons. The van der Waals surface area contributed by atoms with Gasteiger partial charge in [-0.1, -0.05) is 6.92 Å². The van der Waals surface area contributed by atoms with Gasteiger partial charge in [0.05, 0.1) is 6.61 Å². The summed E-state index contributed by atoms with van der Waals surface area (Å²) in [4.78, 5) is 2.57. The van der Waals surface area contributed by atoms with Gasteiger partial charge in [0.1, 0.15) is 0 Å². The van der Waals surface area contributed by atoms with Crippen LogP contribution in [0, 0.1) is 5.92 Å². The fourth-order valence-electron chi connectivity index (χ4n) is 2.08. The maximum Gasteiger partial charge on any atom is 0.0630 e. The average Bonchev–Trinajstić information content (AvgIpc) is 3.03. The van der Waals surface area contributed by atoms with Crippen LogP contribution in [0.4, 0.5) is 0 Å². The third-order valence-electron chi connectivity index (χ3n) is 3.34. The topological polar surface area (TPSA) is 24.5 Å². The Morgan fingerprint density at radius 2 is 2.00 bits per heavy atom. The molecule has 1 aliphatic rings. The monoisotopic (exact) mass is 242 g/mol. The van der Waals surface area contributed by atoms with Crippen LogP contribution in [0.3, 0.4) is 0 Å². The summed E-state index contributed by atoms with van der Waals surface area (Å²) in [6, 6.07) is 0.504. The standard InChI is InChI=1S/C14H30N2O/c1-6-16(10-12-7-8-12)13(11-17-5)9-15-14(2,3)4/h12-13,15H,6-11H2,1-5H3. The lowest BCUT2D eigenvalue weighted by Crippen LogP contribution is -2.50. The second kappa shape index (κ2) is 6.72. The van der Waals surface area contributed by atoms with Crippen LogP contribution in [0.25, 0.3) is 0 Å². The Bertz CT molecular complexity index is 209. The number of hydrogen-bond acceptors (Lipinski definition) is 3. The normalized spacial score (nSPS) is 18.7. The Labute approximate surface area is 107 Å². The highest BCUT2D eigenvalue weighted by molar-refractivity contribution is 4.83. The largest absolute Gasteiger partial charge is 0.383 e. The van der Waals surface area contributed by atoms with E-state index in [1.807, 2.05) is 0 Å². The molecule has 1 rings (SSSR count). The maximum absolute atomic E-state index is 5.37. The highest BCUT2D eigenvalue weighted by atomic mass is 16.5. The van der Waals surface area contributed by atoms with Crippen molar-refractivity contribution in [1.29, 1.82) is 0 Å². The van der Waals surface area contributed by atoms with Gasteiger partial charge < -0.3 is 10.1 Å². The van der Waals surface area contributed by atoms with Crippen LogP contribution in [0.15, 0.2) is 0 Å². The van der Waals surface area contributed by atoms with Crippen LogP contribution in [-0.4, -0.2) is 49.8 Å². The summed E-state index contributed by atoms with van der Waals surface area (Å²) < 4.78 is 5.37. The van der Waals surface area contributed by atoms with Crippen LogP contribution in [0.1, 0.15) is 40.5 Å². The van der Waals surface area contributed by atoms with Crippen LogP contribution < -0.4 is 5.32 Å². The Balaban J connectivity index is 2.42. The van der Waals surface area contributed by atoms with Gasteiger partial charge in [-0.05, 0) is 46.1 Å². The molecule has 17 heavy (non-hydrogen) atoms. The van der Waals surface area contributed by atoms with Gasteiger partial charge in [-0.2, -0.15) is 0 Å². The Morgan fingerprint density at radius 3 is 2.41 bits per heavy atom. The van der Waals surface area contributed by atoms with Crippen LogP contribution in [0.2, 0.25) is 0 Å². The first-order chi connectivity index (χ1) is 7.96. The van der Waals surface area contributed by atoms with E-state index in [0.29, 0.717) is 6.04 Å². The molecule has 1 saturated carbocycles. The Kier molecular flexibility index (Phi) is 5.90. The summed E-state index contributed by atoms with van der Waals surface area (Å²) in [6.07, 6.45) is 2.84. The number of rotatable bonds is 8. The zero-order valence-electron chi connectivity index (χ0n) is 12.3. The number of likely N-dealkylation sites (N-methyl/N-ethyl adjacent to an activating group) is 1. The highest BCUT2D eigenvalue weighted by Gasteiger charge is 2.27. The molecular formula is C14H30N2O. The van der Waals surface area contributed by atoms with Gasteiger partial charge in [0, 0.05) is 31.8 Å². The molecule has 0 aromatic carbocycles. The first kappa shape index (κ1) is 14.9. The van der Waals surface area contributed by atoms with Gasteiger partial charge in [0.15, 0.2) is 0 Å². The maximum atomic E-state index is 5.37. The first-order valence-corrected chi connectivity index (χ1v) is 6.94. The lowest BCUT2D eigenvalue weighted by Gasteiger charge is -2.33. The van der Waals surface area contributed by atoms with Gasteiger partial charge in [0.2, 0.25) is 0 Å². The van der Waals surface area contributed by atoms with E-state index in [1.165, 1.54) is 19.4 Å². The molecule has 0 aromatic rings. The van der Waals surface area contributed by atoms with Gasteiger partial charge in [-0.15, -0.1) is 0 Å². The molecule has 1 N–H and O–H groups in total. The molecule has 0 heterocycles. The Hall–Kier alpha value is -0.120. The smallest absolute Gasteiger partial charge is 0.0630 e. The van der Waals surface area contributed by atoms with Crippen molar-refractivity contribution in [2.45, 2.75) is 52.1 Å². The third kappa shape index (κ3) is 6.39. The van der Waals surface area contributed by atoms with Gasteiger partial charge in [-0.3, -0.25) is 4.90 Å². The van der Waals surface area contributed by atoms with Crippen LogP contribution in [0.5, 0.6) is 0 Å². The highest BCUT2D eigenvalue weighted by Crippen LogP contribution is 2.30. The molecule has 0 amide bonds. The van der Waals surface area contributed by atoms with E-state index < -0.39 is 0 Å². The predicted molar refractivity (Wildman–Crippen MR) is 73.4 cm³/mol. The number of ether oxygens (including phenoxy) is 1.